The molecule has 0 radical (unpaired) electrons. The van der Waals surface area contributed by atoms with Gasteiger partial charge in [0.25, 0.3) is 0 Å². The lowest BCUT2D eigenvalue weighted by Crippen LogP contribution is -2.11. The maximum absolute atomic E-state index is 12.6. The van der Waals surface area contributed by atoms with Gasteiger partial charge in [-0.05, 0) is 42.5 Å². The summed E-state index contributed by atoms with van der Waals surface area (Å²) in [6.45, 7) is 0. The summed E-state index contributed by atoms with van der Waals surface area (Å²) >= 11 is 0. The molecular formula is C14H12F3NO. The maximum atomic E-state index is 12.6. The van der Waals surface area contributed by atoms with Crippen LogP contribution >= 0.6 is 0 Å². The topological polar surface area (TPSA) is 23.5 Å². The van der Waals surface area contributed by atoms with E-state index in [2.05, 4.69) is 0 Å². The molecular weight excluding hydrogens is 255 g/mol. The van der Waals surface area contributed by atoms with Gasteiger partial charge in [0, 0.05) is 18.4 Å². The zero-order valence-corrected chi connectivity index (χ0v) is 10.1. The van der Waals surface area contributed by atoms with Crippen molar-refractivity contribution in [2.45, 2.75) is 6.18 Å². The van der Waals surface area contributed by atoms with E-state index >= 15 is 0 Å². The number of phenols is 1. The first-order valence-corrected chi connectivity index (χ1v) is 5.58. The summed E-state index contributed by atoms with van der Waals surface area (Å²) in [5, 5.41) is 9.19. The molecule has 5 heteroatoms. The summed E-state index contributed by atoms with van der Waals surface area (Å²) in [6, 6.07) is 11.3. The van der Waals surface area contributed by atoms with E-state index in [0.717, 1.165) is 12.1 Å². The van der Waals surface area contributed by atoms with Gasteiger partial charge in [-0.1, -0.05) is 6.07 Å². The molecule has 0 aliphatic heterocycles. The van der Waals surface area contributed by atoms with Crippen LogP contribution in [0.25, 0.3) is 0 Å². The second-order valence-corrected chi connectivity index (χ2v) is 4.12. The number of rotatable bonds is 2. The highest BCUT2D eigenvalue weighted by atomic mass is 19.4. The number of benzene rings is 2. The predicted octanol–water partition coefficient (Wildman–Crippen LogP) is 4.18. The van der Waals surface area contributed by atoms with E-state index in [1.165, 1.54) is 18.2 Å². The molecule has 0 aliphatic carbocycles. The second-order valence-electron chi connectivity index (χ2n) is 4.12. The lowest BCUT2D eigenvalue weighted by molar-refractivity contribution is -0.137. The fourth-order valence-corrected chi connectivity index (χ4v) is 1.72. The Morgan fingerprint density at radius 2 is 1.58 bits per heavy atom. The first-order valence-electron chi connectivity index (χ1n) is 5.58. The van der Waals surface area contributed by atoms with Crippen molar-refractivity contribution in [3.8, 4) is 5.75 Å². The average molecular weight is 267 g/mol. The molecule has 2 aromatic carbocycles. The monoisotopic (exact) mass is 267 g/mol. The first kappa shape index (κ1) is 13.3. The zero-order chi connectivity index (χ0) is 14.0. The van der Waals surface area contributed by atoms with Crippen molar-refractivity contribution in [2.75, 3.05) is 11.9 Å². The van der Waals surface area contributed by atoms with Gasteiger partial charge in [-0.25, -0.2) is 0 Å². The van der Waals surface area contributed by atoms with E-state index < -0.39 is 11.7 Å². The minimum Gasteiger partial charge on any atom is -0.508 e. The Morgan fingerprint density at radius 1 is 0.947 bits per heavy atom. The van der Waals surface area contributed by atoms with Gasteiger partial charge in [0.15, 0.2) is 0 Å². The van der Waals surface area contributed by atoms with Crippen LogP contribution in [0.3, 0.4) is 0 Å². The highest BCUT2D eigenvalue weighted by Crippen LogP contribution is 2.33. The Kier molecular flexibility index (Phi) is 3.38. The van der Waals surface area contributed by atoms with Crippen molar-refractivity contribution in [1.82, 2.24) is 0 Å². The molecule has 2 nitrogen and oxygen atoms in total. The van der Waals surface area contributed by atoms with E-state index in [1.807, 2.05) is 0 Å². The fraction of sp³-hybridized carbons (Fsp3) is 0.143. The smallest absolute Gasteiger partial charge is 0.416 e. The number of hydrogen-bond acceptors (Lipinski definition) is 2. The third kappa shape index (κ3) is 2.99. The molecule has 0 amide bonds. The molecule has 0 atom stereocenters. The highest BCUT2D eigenvalue weighted by Gasteiger charge is 2.30. The molecule has 0 spiro atoms. The minimum absolute atomic E-state index is 0.112. The van der Waals surface area contributed by atoms with Crippen LogP contribution in [-0.2, 0) is 6.18 Å². The summed E-state index contributed by atoms with van der Waals surface area (Å²) in [7, 11) is 1.67. The predicted molar refractivity (Wildman–Crippen MR) is 67.6 cm³/mol. The normalized spacial score (nSPS) is 11.4. The van der Waals surface area contributed by atoms with Crippen molar-refractivity contribution < 1.29 is 18.3 Å². The molecule has 0 unspecified atom stereocenters. The largest absolute Gasteiger partial charge is 0.508 e. The van der Waals surface area contributed by atoms with Gasteiger partial charge in [-0.3, -0.25) is 0 Å². The standard InChI is InChI=1S/C14H12F3NO/c1-18(11-5-7-13(19)8-6-11)12-4-2-3-10(9-12)14(15,16)17/h2-9,19H,1H3. The van der Waals surface area contributed by atoms with Crippen molar-refractivity contribution in [2.24, 2.45) is 0 Å². The lowest BCUT2D eigenvalue weighted by Gasteiger charge is -2.20. The molecule has 0 aromatic heterocycles. The second kappa shape index (κ2) is 4.84. The molecule has 0 saturated carbocycles. The lowest BCUT2D eigenvalue weighted by atomic mass is 10.1. The summed E-state index contributed by atoms with van der Waals surface area (Å²) in [6.07, 6.45) is -4.36. The van der Waals surface area contributed by atoms with E-state index in [-0.39, 0.29) is 5.75 Å². The Hall–Kier alpha value is -2.17. The molecule has 2 aromatic rings. The molecule has 0 aliphatic rings. The molecule has 0 bridgehead atoms. The Balaban J connectivity index is 2.34. The van der Waals surface area contributed by atoms with Crippen LogP contribution in [0.4, 0.5) is 24.5 Å². The third-order valence-corrected chi connectivity index (χ3v) is 2.80. The van der Waals surface area contributed by atoms with Gasteiger partial charge in [0.2, 0.25) is 0 Å². The minimum atomic E-state index is -4.36. The van der Waals surface area contributed by atoms with Crippen molar-refractivity contribution >= 4 is 11.4 Å². The molecule has 100 valence electrons. The third-order valence-electron chi connectivity index (χ3n) is 2.80. The quantitative estimate of drug-likeness (QED) is 0.882. The summed E-state index contributed by atoms with van der Waals surface area (Å²) in [4.78, 5) is 1.62. The SMILES string of the molecule is CN(c1ccc(O)cc1)c1cccc(C(F)(F)F)c1. The van der Waals surface area contributed by atoms with Crippen LogP contribution in [0.2, 0.25) is 0 Å². The number of aromatic hydroxyl groups is 1. The van der Waals surface area contributed by atoms with Crippen molar-refractivity contribution in [1.29, 1.82) is 0 Å². The van der Waals surface area contributed by atoms with Gasteiger partial charge in [-0.15, -0.1) is 0 Å². The van der Waals surface area contributed by atoms with E-state index in [1.54, 1.807) is 30.1 Å². The van der Waals surface area contributed by atoms with Crippen LogP contribution in [0.5, 0.6) is 5.75 Å². The fourth-order valence-electron chi connectivity index (χ4n) is 1.72. The van der Waals surface area contributed by atoms with E-state index in [9.17, 15) is 18.3 Å². The van der Waals surface area contributed by atoms with Crippen LogP contribution in [-0.4, -0.2) is 12.2 Å². The number of alkyl halides is 3. The summed E-state index contributed by atoms with van der Waals surface area (Å²) in [5.74, 6) is 0.112. The Morgan fingerprint density at radius 3 is 2.16 bits per heavy atom. The summed E-state index contributed by atoms with van der Waals surface area (Å²) < 4.78 is 37.9. The molecule has 0 fully saturated rings. The molecule has 1 N–H and O–H groups in total. The zero-order valence-electron chi connectivity index (χ0n) is 10.1. The maximum Gasteiger partial charge on any atom is 0.416 e. The van der Waals surface area contributed by atoms with Crippen LogP contribution in [0.1, 0.15) is 5.56 Å². The summed E-state index contributed by atoms with van der Waals surface area (Å²) in [5.41, 5.74) is 0.438. The van der Waals surface area contributed by atoms with Crippen molar-refractivity contribution in [3.05, 3.63) is 54.1 Å². The van der Waals surface area contributed by atoms with Gasteiger partial charge in [0.1, 0.15) is 5.75 Å². The number of halogens is 3. The van der Waals surface area contributed by atoms with Gasteiger partial charge in [-0.2, -0.15) is 13.2 Å². The van der Waals surface area contributed by atoms with Crippen LogP contribution in [0.15, 0.2) is 48.5 Å². The molecule has 19 heavy (non-hydrogen) atoms. The van der Waals surface area contributed by atoms with Gasteiger partial charge < -0.3 is 10.0 Å². The Labute approximate surface area is 108 Å². The van der Waals surface area contributed by atoms with E-state index in [4.69, 9.17) is 0 Å². The van der Waals surface area contributed by atoms with Gasteiger partial charge >= 0.3 is 6.18 Å². The molecule has 0 saturated heterocycles. The van der Waals surface area contributed by atoms with Gasteiger partial charge in [0.05, 0.1) is 5.56 Å². The average Bonchev–Trinajstić information content (AvgIpc) is 2.38. The van der Waals surface area contributed by atoms with E-state index in [0.29, 0.717) is 11.4 Å². The number of anilines is 2. The Bertz CT molecular complexity index is 564. The highest BCUT2D eigenvalue weighted by molar-refractivity contribution is 5.63. The van der Waals surface area contributed by atoms with Crippen LogP contribution < -0.4 is 4.90 Å². The number of hydrogen-bond donors (Lipinski definition) is 1. The van der Waals surface area contributed by atoms with Crippen LogP contribution in [0, 0.1) is 0 Å². The molecule has 2 rings (SSSR count). The number of nitrogens with zero attached hydrogens (tertiary/aromatic N) is 1. The first-order chi connectivity index (χ1) is 8.88. The number of phenolic OH excluding ortho intramolecular Hbond substituents is 1. The van der Waals surface area contributed by atoms with Crippen molar-refractivity contribution in [3.63, 3.8) is 0 Å². The molecule has 0 heterocycles.